The number of alkyl halides is 3. The highest BCUT2D eigenvalue weighted by atomic mass is 35.5. The lowest BCUT2D eigenvalue weighted by Crippen LogP contribution is -2.39. The predicted molar refractivity (Wildman–Crippen MR) is 97.9 cm³/mol. The molecule has 4 rings (SSSR count). The monoisotopic (exact) mass is 416 g/mol. The van der Waals surface area contributed by atoms with Gasteiger partial charge in [0.2, 0.25) is 11.7 Å². The number of piperidine rings is 1. The number of hydrogen-bond donors (Lipinski definition) is 2. The Bertz CT molecular complexity index is 813. The molecule has 2 fully saturated rings. The smallest absolute Gasteiger partial charge is 0.329 e. The molecular weight excluding hydrogens is 397 g/mol. The van der Waals surface area contributed by atoms with Crippen LogP contribution < -0.4 is 10.6 Å². The maximum Gasteiger partial charge on any atom is 0.471 e. The first-order chi connectivity index (χ1) is 12.9. The van der Waals surface area contributed by atoms with Crippen LogP contribution in [0.25, 0.3) is 11.4 Å². The lowest BCUT2D eigenvalue weighted by molar-refractivity contribution is -0.159. The first kappa shape index (κ1) is 20.6. The number of amides is 1. The summed E-state index contributed by atoms with van der Waals surface area (Å²) in [6.07, 6.45) is 0.251. The topological polar surface area (TPSA) is 80.0 Å². The van der Waals surface area contributed by atoms with Crippen molar-refractivity contribution in [3.05, 3.63) is 30.2 Å². The highest BCUT2D eigenvalue weighted by molar-refractivity contribution is 5.91. The van der Waals surface area contributed by atoms with Gasteiger partial charge in [-0.2, -0.15) is 18.2 Å². The lowest BCUT2D eigenvalue weighted by Gasteiger charge is -2.28. The number of fused-ring (bicyclic) bond motifs is 2. The van der Waals surface area contributed by atoms with Crippen LogP contribution in [-0.4, -0.2) is 28.1 Å². The molecule has 0 aliphatic carbocycles. The van der Waals surface area contributed by atoms with Crippen molar-refractivity contribution >= 4 is 24.0 Å². The zero-order valence-electron chi connectivity index (χ0n) is 14.8. The second-order valence-electron chi connectivity index (χ2n) is 7.23. The highest BCUT2D eigenvalue weighted by Gasteiger charge is 2.38. The molecule has 2 aliphatic heterocycles. The van der Waals surface area contributed by atoms with E-state index in [1.165, 1.54) is 12.8 Å². The van der Waals surface area contributed by atoms with Crippen LogP contribution in [0, 0.1) is 5.92 Å². The summed E-state index contributed by atoms with van der Waals surface area (Å²) in [6, 6.07) is 7.40. The minimum absolute atomic E-state index is 0. The van der Waals surface area contributed by atoms with Crippen molar-refractivity contribution in [3.8, 4) is 11.4 Å². The summed E-state index contributed by atoms with van der Waals surface area (Å²) in [6.45, 7) is 0. The molecule has 0 spiro atoms. The van der Waals surface area contributed by atoms with Gasteiger partial charge >= 0.3 is 12.1 Å². The van der Waals surface area contributed by atoms with Gasteiger partial charge in [0, 0.05) is 29.8 Å². The number of benzene rings is 1. The number of carbonyl (C=O) groups excluding carboxylic acids is 1. The molecule has 2 unspecified atom stereocenters. The van der Waals surface area contributed by atoms with Gasteiger partial charge < -0.3 is 15.2 Å². The van der Waals surface area contributed by atoms with Crippen molar-refractivity contribution in [2.24, 2.45) is 5.92 Å². The quantitative estimate of drug-likeness (QED) is 0.786. The fourth-order valence-corrected chi connectivity index (χ4v) is 3.97. The molecule has 2 aromatic rings. The van der Waals surface area contributed by atoms with E-state index in [4.69, 9.17) is 0 Å². The van der Waals surface area contributed by atoms with Crippen molar-refractivity contribution in [3.63, 3.8) is 0 Å². The Morgan fingerprint density at radius 3 is 2.39 bits per heavy atom. The van der Waals surface area contributed by atoms with Gasteiger partial charge in [-0.25, -0.2) is 0 Å². The SMILES string of the molecule is Cl.O=C(CC1CC2CCC(C1)N2)Nc1ccc(-c2noc(C(F)(F)F)n2)cc1. The molecule has 3 heterocycles. The zero-order chi connectivity index (χ0) is 19.0. The molecule has 2 aliphatic rings. The minimum atomic E-state index is -4.67. The van der Waals surface area contributed by atoms with E-state index in [0.717, 1.165) is 12.8 Å². The summed E-state index contributed by atoms with van der Waals surface area (Å²) in [4.78, 5) is 15.6. The highest BCUT2D eigenvalue weighted by Crippen LogP contribution is 2.33. The number of hydrogen-bond acceptors (Lipinski definition) is 5. The van der Waals surface area contributed by atoms with Crippen molar-refractivity contribution in [1.29, 1.82) is 0 Å². The van der Waals surface area contributed by atoms with Crippen molar-refractivity contribution in [2.75, 3.05) is 5.32 Å². The number of halogens is 4. The number of aromatic nitrogens is 2. The normalized spacial score (nSPS) is 23.9. The number of nitrogens with zero attached hydrogens (tertiary/aromatic N) is 2. The van der Waals surface area contributed by atoms with E-state index in [1.807, 2.05) is 0 Å². The first-order valence-electron chi connectivity index (χ1n) is 8.94. The maximum absolute atomic E-state index is 12.5. The van der Waals surface area contributed by atoms with E-state index in [2.05, 4.69) is 25.3 Å². The molecule has 2 N–H and O–H groups in total. The van der Waals surface area contributed by atoms with E-state index in [0.29, 0.717) is 35.7 Å². The average molecular weight is 417 g/mol. The fourth-order valence-electron chi connectivity index (χ4n) is 3.97. The summed E-state index contributed by atoms with van der Waals surface area (Å²) in [5, 5.41) is 9.74. The van der Waals surface area contributed by atoms with E-state index in [-0.39, 0.29) is 24.1 Å². The van der Waals surface area contributed by atoms with Gasteiger partial charge in [0.05, 0.1) is 0 Å². The van der Waals surface area contributed by atoms with E-state index >= 15 is 0 Å². The van der Waals surface area contributed by atoms with Crippen LogP contribution in [0.4, 0.5) is 18.9 Å². The number of nitrogens with one attached hydrogen (secondary N) is 2. The van der Waals surface area contributed by atoms with Gasteiger partial charge in [-0.3, -0.25) is 4.79 Å². The molecule has 2 bridgehead atoms. The summed E-state index contributed by atoms with van der Waals surface area (Å²) in [5.74, 6) is -1.19. The standard InChI is InChI=1S/C18H19F3N4O2.ClH/c19-18(20,21)17-24-16(25-27-17)11-1-3-12(4-2-11)23-15(26)9-10-7-13-5-6-14(8-10)22-13;/h1-4,10,13-14,22H,5-9H2,(H,23,26);1H. The van der Waals surface area contributed by atoms with Crippen LogP contribution in [0.1, 0.15) is 38.0 Å². The van der Waals surface area contributed by atoms with Crippen LogP contribution in [0.2, 0.25) is 0 Å². The van der Waals surface area contributed by atoms with Gasteiger partial charge in [0.1, 0.15) is 0 Å². The molecule has 0 radical (unpaired) electrons. The van der Waals surface area contributed by atoms with E-state index in [1.54, 1.807) is 24.3 Å². The maximum atomic E-state index is 12.5. The Hall–Kier alpha value is -2.13. The van der Waals surface area contributed by atoms with Gasteiger partial charge in [0.25, 0.3) is 0 Å². The molecule has 152 valence electrons. The van der Waals surface area contributed by atoms with Gasteiger partial charge in [-0.15, -0.1) is 12.4 Å². The van der Waals surface area contributed by atoms with Crippen molar-refractivity contribution in [2.45, 2.75) is 50.4 Å². The second kappa shape index (κ2) is 8.08. The van der Waals surface area contributed by atoms with E-state index in [9.17, 15) is 18.0 Å². The molecule has 1 aromatic heterocycles. The van der Waals surface area contributed by atoms with Crippen LogP contribution >= 0.6 is 12.4 Å². The molecular formula is C18H20ClF3N4O2. The third-order valence-corrected chi connectivity index (χ3v) is 5.14. The molecule has 2 saturated heterocycles. The Kier molecular flexibility index (Phi) is 5.95. The van der Waals surface area contributed by atoms with Gasteiger partial charge in [-0.1, -0.05) is 5.16 Å². The predicted octanol–water partition coefficient (Wildman–Crippen LogP) is 4.04. The van der Waals surface area contributed by atoms with Crippen LogP contribution in [0.5, 0.6) is 0 Å². The Morgan fingerprint density at radius 1 is 1.18 bits per heavy atom. The summed E-state index contributed by atoms with van der Waals surface area (Å²) in [7, 11) is 0. The minimum Gasteiger partial charge on any atom is -0.329 e. The van der Waals surface area contributed by atoms with Crippen LogP contribution in [-0.2, 0) is 11.0 Å². The van der Waals surface area contributed by atoms with Crippen molar-refractivity contribution in [1.82, 2.24) is 15.5 Å². The summed E-state index contributed by atoms with van der Waals surface area (Å²) >= 11 is 0. The Labute approximate surface area is 165 Å². The summed E-state index contributed by atoms with van der Waals surface area (Å²) < 4.78 is 41.8. The molecule has 28 heavy (non-hydrogen) atoms. The van der Waals surface area contributed by atoms with Crippen molar-refractivity contribution < 1.29 is 22.5 Å². The summed E-state index contributed by atoms with van der Waals surface area (Å²) in [5.41, 5.74) is 0.961. The lowest BCUT2D eigenvalue weighted by atomic mass is 9.89. The average Bonchev–Trinajstić information content (AvgIpc) is 3.22. The molecule has 10 heteroatoms. The molecule has 0 saturated carbocycles. The van der Waals surface area contributed by atoms with E-state index < -0.39 is 12.1 Å². The number of carbonyl (C=O) groups is 1. The largest absolute Gasteiger partial charge is 0.471 e. The third kappa shape index (κ3) is 4.64. The van der Waals surface area contributed by atoms with Crippen LogP contribution in [0.15, 0.2) is 28.8 Å². The number of rotatable bonds is 4. The number of anilines is 1. The third-order valence-electron chi connectivity index (χ3n) is 5.14. The van der Waals surface area contributed by atoms with Gasteiger partial charge in [0.15, 0.2) is 0 Å². The van der Waals surface area contributed by atoms with Crippen LogP contribution in [0.3, 0.4) is 0 Å². The molecule has 1 amide bonds. The first-order valence-corrected chi connectivity index (χ1v) is 8.94. The molecule has 1 aromatic carbocycles. The van der Waals surface area contributed by atoms with Gasteiger partial charge in [-0.05, 0) is 55.9 Å². The second-order valence-corrected chi connectivity index (χ2v) is 7.23. The molecule has 2 atom stereocenters. The zero-order valence-corrected chi connectivity index (χ0v) is 15.6. The Morgan fingerprint density at radius 2 is 1.82 bits per heavy atom. The Balaban J connectivity index is 0.00000225. The molecule has 6 nitrogen and oxygen atoms in total. The fraction of sp³-hybridized carbons (Fsp3) is 0.500.